The fourth-order valence-electron chi connectivity index (χ4n) is 5.47. The van der Waals surface area contributed by atoms with E-state index in [1.165, 1.54) is 0 Å². The van der Waals surface area contributed by atoms with E-state index < -0.39 is 17.0 Å². The maximum Gasteiger partial charge on any atom is 0.303 e. The first-order valence-corrected chi connectivity index (χ1v) is 11.1. The Bertz CT molecular complexity index is 952. The Hall–Kier alpha value is -2.61. The molecule has 1 atom stereocenters. The van der Waals surface area contributed by atoms with Gasteiger partial charge in [0.2, 0.25) is 5.91 Å². The molecule has 4 rings (SSSR count). The van der Waals surface area contributed by atoms with E-state index in [2.05, 4.69) is 9.88 Å². The van der Waals surface area contributed by atoms with E-state index in [0.29, 0.717) is 13.0 Å². The van der Waals surface area contributed by atoms with Gasteiger partial charge >= 0.3 is 5.97 Å². The van der Waals surface area contributed by atoms with E-state index in [-0.39, 0.29) is 25.3 Å². The number of fused-ring (bicyclic) bond motifs is 1. The van der Waals surface area contributed by atoms with Gasteiger partial charge in [-0.15, -0.1) is 0 Å². The summed E-state index contributed by atoms with van der Waals surface area (Å²) in [5.74, 6) is -0.0857. The molecule has 1 aliphatic carbocycles. The number of amides is 1. The van der Waals surface area contributed by atoms with Crippen LogP contribution in [0.25, 0.3) is 5.52 Å². The van der Waals surface area contributed by atoms with Gasteiger partial charge in [-0.1, -0.05) is 12.8 Å². The lowest BCUT2D eigenvalue weighted by Crippen LogP contribution is -2.55. The number of aromatic nitrogens is 2. The van der Waals surface area contributed by atoms with Crippen molar-refractivity contribution in [2.24, 2.45) is 5.41 Å². The zero-order valence-corrected chi connectivity index (χ0v) is 18.2. The van der Waals surface area contributed by atoms with Gasteiger partial charge in [0.25, 0.3) is 0 Å². The Kier molecular flexibility index (Phi) is 5.92. The molecule has 1 aliphatic heterocycles. The third kappa shape index (κ3) is 4.69. The third-order valence-electron chi connectivity index (χ3n) is 6.96. The first kappa shape index (κ1) is 21.6. The zero-order valence-electron chi connectivity index (χ0n) is 18.2. The molecule has 0 bridgehead atoms. The van der Waals surface area contributed by atoms with E-state index in [1.807, 2.05) is 28.9 Å². The van der Waals surface area contributed by atoms with Crippen LogP contribution >= 0.6 is 0 Å². The molecule has 2 aromatic rings. The standard InChI is InChI=1S/C23H32N4O4/c1-25(19(28)14-22(15-20(29)30)7-2-3-8-22)16-23(31)9-5-12-27(17-23)21-18-6-4-11-26(18)13-10-24-21/h4,6,10-11,13,31H,2-3,5,7-9,12,14-17H2,1H3,(H,29,30)/t23-/m0/s1. The number of rotatable bonds is 7. The average molecular weight is 429 g/mol. The Morgan fingerprint density at radius 2 is 1.94 bits per heavy atom. The monoisotopic (exact) mass is 428 g/mol. The number of piperidine rings is 1. The van der Waals surface area contributed by atoms with Crippen molar-refractivity contribution in [2.45, 2.75) is 57.0 Å². The van der Waals surface area contributed by atoms with E-state index >= 15 is 0 Å². The number of nitrogens with zero attached hydrogens (tertiary/aromatic N) is 4. The number of hydrogen-bond donors (Lipinski definition) is 2. The number of anilines is 1. The van der Waals surface area contributed by atoms with Crippen LogP contribution < -0.4 is 4.90 Å². The third-order valence-corrected chi connectivity index (χ3v) is 6.96. The molecule has 0 unspecified atom stereocenters. The van der Waals surface area contributed by atoms with Crippen LogP contribution in [0, 0.1) is 5.41 Å². The van der Waals surface area contributed by atoms with Crippen molar-refractivity contribution in [3.8, 4) is 0 Å². The average Bonchev–Trinajstić information content (AvgIpc) is 3.36. The number of carboxylic acids is 1. The van der Waals surface area contributed by atoms with Crippen molar-refractivity contribution in [3.63, 3.8) is 0 Å². The molecule has 31 heavy (non-hydrogen) atoms. The van der Waals surface area contributed by atoms with Crippen molar-refractivity contribution < 1.29 is 19.8 Å². The van der Waals surface area contributed by atoms with Gasteiger partial charge < -0.3 is 24.4 Å². The molecule has 2 aromatic heterocycles. The summed E-state index contributed by atoms with van der Waals surface area (Å²) in [6.07, 6.45) is 10.8. The maximum atomic E-state index is 13.0. The lowest BCUT2D eigenvalue weighted by atomic mass is 9.79. The van der Waals surface area contributed by atoms with Crippen LogP contribution in [0.1, 0.15) is 51.4 Å². The number of carbonyl (C=O) groups excluding carboxylic acids is 1. The summed E-state index contributed by atoms with van der Waals surface area (Å²) in [6, 6.07) is 3.98. The van der Waals surface area contributed by atoms with Crippen molar-refractivity contribution in [3.05, 3.63) is 30.7 Å². The number of aliphatic hydroxyl groups is 1. The highest BCUT2D eigenvalue weighted by Gasteiger charge is 2.41. The second-order valence-electron chi connectivity index (χ2n) is 9.51. The minimum absolute atomic E-state index is 0.0393. The summed E-state index contributed by atoms with van der Waals surface area (Å²) in [7, 11) is 1.72. The van der Waals surface area contributed by atoms with Crippen molar-refractivity contribution in [2.75, 3.05) is 31.6 Å². The van der Waals surface area contributed by atoms with Gasteiger partial charge in [-0.2, -0.15) is 0 Å². The molecule has 8 heteroatoms. The van der Waals surface area contributed by atoms with Gasteiger partial charge in [0, 0.05) is 45.1 Å². The first-order valence-electron chi connectivity index (χ1n) is 11.1. The SMILES string of the molecule is CN(C[C@@]1(O)CCCN(c2nccn3cccc23)C1)C(=O)CC1(CC(=O)O)CCCC1. The van der Waals surface area contributed by atoms with Crippen molar-refractivity contribution in [1.29, 1.82) is 0 Å². The minimum atomic E-state index is -1.03. The van der Waals surface area contributed by atoms with Crippen LogP contribution in [0.4, 0.5) is 5.82 Å². The second kappa shape index (κ2) is 8.49. The van der Waals surface area contributed by atoms with Crippen LogP contribution in [0.2, 0.25) is 0 Å². The number of carbonyl (C=O) groups is 2. The summed E-state index contributed by atoms with van der Waals surface area (Å²) >= 11 is 0. The van der Waals surface area contributed by atoms with Crippen LogP contribution in [0.15, 0.2) is 30.7 Å². The molecule has 1 saturated carbocycles. The maximum absolute atomic E-state index is 13.0. The van der Waals surface area contributed by atoms with Gasteiger partial charge in [-0.25, -0.2) is 4.98 Å². The zero-order chi connectivity index (χ0) is 22.1. The van der Waals surface area contributed by atoms with Crippen LogP contribution in [0.5, 0.6) is 0 Å². The molecule has 2 N–H and O–H groups in total. The predicted octanol–water partition coefficient (Wildman–Crippen LogP) is 2.55. The topological polar surface area (TPSA) is 98.4 Å². The minimum Gasteiger partial charge on any atom is -0.481 e. The number of β-amino-alcohol motifs (C(OH)–C–C–N with tert-alkyl or cyclic N) is 1. The quantitative estimate of drug-likeness (QED) is 0.703. The molecular formula is C23H32N4O4. The number of hydrogen-bond acceptors (Lipinski definition) is 5. The molecule has 2 fully saturated rings. The second-order valence-corrected chi connectivity index (χ2v) is 9.51. The Labute approximate surface area is 182 Å². The van der Waals surface area contributed by atoms with Gasteiger partial charge in [-0.3, -0.25) is 9.59 Å². The molecule has 168 valence electrons. The van der Waals surface area contributed by atoms with E-state index in [0.717, 1.165) is 50.0 Å². The van der Waals surface area contributed by atoms with Crippen LogP contribution in [0.3, 0.4) is 0 Å². The Morgan fingerprint density at radius 3 is 2.68 bits per heavy atom. The molecule has 8 nitrogen and oxygen atoms in total. The van der Waals surface area contributed by atoms with Crippen molar-refractivity contribution >= 4 is 23.2 Å². The van der Waals surface area contributed by atoms with E-state index in [1.54, 1.807) is 18.1 Å². The number of likely N-dealkylation sites (N-methyl/N-ethyl adjacent to an activating group) is 1. The number of aliphatic carboxylic acids is 1. The summed E-state index contributed by atoms with van der Waals surface area (Å²) in [5.41, 5.74) is -0.472. The summed E-state index contributed by atoms with van der Waals surface area (Å²) < 4.78 is 2.01. The van der Waals surface area contributed by atoms with E-state index in [9.17, 15) is 19.8 Å². The lowest BCUT2D eigenvalue weighted by Gasteiger charge is -2.42. The molecule has 0 aromatic carbocycles. The largest absolute Gasteiger partial charge is 0.481 e. The Morgan fingerprint density at radius 1 is 1.16 bits per heavy atom. The highest BCUT2D eigenvalue weighted by atomic mass is 16.4. The molecule has 2 aliphatic rings. The molecular weight excluding hydrogens is 396 g/mol. The summed E-state index contributed by atoms with van der Waals surface area (Å²) in [4.78, 5) is 32.6. The summed E-state index contributed by atoms with van der Waals surface area (Å²) in [5, 5.41) is 20.7. The highest BCUT2D eigenvalue weighted by Crippen LogP contribution is 2.44. The Balaban J connectivity index is 1.43. The normalized spacial score (nSPS) is 23.2. The van der Waals surface area contributed by atoms with E-state index in [4.69, 9.17) is 0 Å². The van der Waals surface area contributed by atoms with Gasteiger partial charge in [0.1, 0.15) is 0 Å². The molecule has 1 saturated heterocycles. The molecule has 1 amide bonds. The molecule has 0 spiro atoms. The highest BCUT2D eigenvalue weighted by molar-refractivity contribution is 5.78. The van der Waals surface area contributed by atoms with Gasteiger partial charge in [-0.05, 0) is 43.2 Å². The molecule has 3 heterocycles. The lowest BCUT2D eigenvalue weighted by molar-refractivity contribution is -0.142. The van der Waals surface area contributed by atoms with Crippen LogP contribution in [-0.2, 0) is 9.59 Å². The number of carboxylic acid groups (broad SMARTS) is 1. The van der Waals surface area contributed by atoms with Crippen molar-refractivity contribution in [1.82, 2.24) is 14.3 Å². The molecule has 0 radical (unpaired) electrons. The van der Waals surface area contributed by atoms with Crippen LogP contribution in [-0.4, -0.2) is 68.7 Å². The smallest absolute Gasteiger partial charge is 0.303 e. The fraction of sp³-hybridized carbons (Fsp3) is 0.609. The van der Waals surface area contributed by atoms with Gasteiger partial charge in [0.15, 0.2) is 5.82 Å². The predicted molar refractivity (Wildman–Crippen MR) is 117 cm³/mol. The fourth-order valence-corrected chi connectivity index (χ4v) is 5.47. The first-order chi connectivity index (χ1) is 14.8. The van der Waals surface area contributed by atoms with Gasteiger partial charge in [0.05, 0.1) is 24.1 Å². The summed E-state index contributed by atoms with van der Waals surface area (Å²) in [6.45, 7) is 1.44.